The Morgan fingerprint density at radius 1 is 1.72 bits per heavy atom. The normalized spacial score (nSPS) is 26.8. The number of ether oxygens (including phenoxy) is 1. The van der Waals surface area contributed by atoms with Gasteiger partial charge in [-0.05, 0) is 6.08 Å². The number of rotatable bonds is 2. The number of nitrogens with zero attached hydrogens (tertiary/aromatic N) is 1. The molecule has 1 heterocycles. The minimum Gasteiger partial charge on any atom is -0.468 e. The molecule has 1 aliphatic carbocycles. The molecule has 2 aliphatic rings. The third kappa shape index (κ3) is 2.49. The molecule has 0 saturated carbocycles. The molecule has 2 atom stereocenters. The molecule has 1 N–H and O–H groups in total. The smallest absolute Gasteiger partial charge is 0.325 e. The molecular formula is C12H16Cl2N2O2. The third-order valence-electron chi connectivity index (χ3n) is 3.12. The van der Waals surface area contributed by atoms with Gasteiger partial charge in [-0.2, -0.15) is 0 Å². The van der Waals surface area contributed by atoms with Crippen LogP contribution in [0, 0.1) is 5.92 Å². The van der Waals surface area contributed by atoms with Gasteiger partial charge in [-0.1, -0.05) is 35.9 Å². The summed E-state index contributed by atoms with van der Waals surface area (Å²) in [5, 5.41) is 4.37. The van der Waals surface area contributed by atoms with E-state index >= 15 is 0 Å². The number of nitrogens with one attached hydrogen (secondary N) is 1. The summed E-state index contributed by atoms with van der Waals surface area (Å²) in [5.74, 6) is 0.405. The molecule has 1 saturated heterocycles. The molecular weight excluding hydrogens is 275 g/mol. The van der Waals surface area contributed by atoms with Gasteiger partial charge in [0.05, 0.1) is 24.0 Å². The van der Waals surface area contributed by atoms with Crippen molar-refractivity contribution in [2.24, 2.45) is 5.92 Å². The Labute approximate surface area is 117 Å². The molecule has 100 valence electrons. The van der Waals surface area contributed by atoms with E-state index in [2.05, 4.69) is 16.6 Å². The highest BCUT2D eigenvalue weighted by molar-refractivity contribution is 6.40. The first-order valence-corrected chi connectivity index (χ1v) is 6.29. The Balaban J connectivity index is 0.00000180. The molecule has 1 fully saturated rings. The van der Waals surface area contributed by atoms with Crippen molar-refractivity contribution in [2.45, 2.75) is 6.04 Å². The summed E-state index contributed by atoms with van der Waals surface area (Å²) in [5.41, 5.74) is 0. The number of hydrogen-bond donors (Lipinski definition) is 1. The van der Waals surface area contributed by atoms with E-state index in [0.717, 1.165) is 0 Å². The van der Waals surface area contributed by atoms with Crippen LogP contribution in [-0.2, 0) is 9.53 Å². The van der Waals surface area contributed by atoms with Crippen LogP contribution in [0.3, 0.4) is 0 Å². The largest absolute Gasteiger partial charge is 0.468 e. The minimum absolute atomic E-state index is 0. The molecule has 0 bridgehead atoms. The maximum absolute atomic E-state index is 11.3. The van der Waals surface area contributed by atoms with Crippen molar-refractivity contribution in [1.29, 1.82) is 0 Å². The fourth-order valence-corrected chi connectivity index (χ4v) is 2.57. The molecule has 0 aromatic heterocycles. The second-order valence-corrected chi connectivity index (χ2v) is 5.05. The van der Waals surface area contributed by atoms with Crippen LogP contribution in [0.1, 0.15) is 1.43 Å². The molecule has 2 rings (SSSR count). The number of fused-ring (bicyclic) bond motifs is 1. The second-order valence-electron chi connectivity index (χ2n) is 4.23. The number of methoxy groups -OCH3 is 1. The van der Waals surface area contributed by atoms with Crippen LogP contribution in [0.15, 0.2) is 34.6 Å². The first-order chi connectivity index (χ1) is 8.52. The standard InChI is InChI=1S/C12H14Cl2N2O2.H2/c1-7-15-10-4-3-9(13)12(14)8(10)5-16(7)6-11(17)18-2;/h3-4,8,10,15H,1,5-6H2,2H3;1H/i;1+1. The van der Waals surface area contributed by atoms with Crippen LogP contribution < -0.4 is 5.32 Å². The van der Waals surface area contributed by atoms with Crippen LogP contribution in [0.25, 0.3) is 0 Å². The first kappa shape index (κ1) is 13.3. The summed E-state index contributed by atoms with van der Waals surface area (Å²) in [7, 11) is 1.36. The summed E-state index contributed by atoms with van der Waals surface area (Å²) in [6.45, 7) is 4.64. The molecule has 0 amide bonds. The lowest BCUT2D eigenvalue weighted by atomic mass is 9.92. The van der Waals surface area contributed by atoms with Gasteiger partial charge in [0.25, 0.3) is 0 Å². The second kappa shape index (κ2) is 5.24. The number of hydrogen-bond acceptors (Lipinski definition) is 4. The lowest BCUT2D eigenvalue weighted by Gasteiger charge is -2.41. The van der Waals surface area contributed by atoms with Crippen molar-refractivity contribution in [3.05, 3.63) is 34.6 Å². The van der Waals surface area contributed by atoms with Crippen LogP contribution in [0.2, 0.25) is 0 Å². The van der Waals surface area contributed by atoms with E-state index in [1.54, 1.807) is 11.0 Å². The zero-order valence-corrected chi connectivity index (χ0v) is 11.5. The van der Waals surface area contributed by atoms with E-state index in [4.69, 9.17) is 23.2 Å². The third-order valence-corrected chi connectivity index (χ3v) is 4.03. The highest BCUT2D eigenvalue weighted by Crippen LogP contribution is 2.34. The molecule has 0 spiro atoms. The van der Waals surface area contributed by atoms with Gasteiger partial charge < -0.3 is 15.0 Å². The lowest BCUT2D eigenvalue weighted by Crippen LogP contribution is -2.52. The first-order valence-electron chi connectivity index (χ1n) is 5.53. The Morgan fingerprint density at radius 3 is 3.11 bits per heavy atom. The molecule has 0 radical (unpaired) electrons. The predicted octanol–water partition coefficient (Wildman–Crippen LogP) is 2.03. The van der Waals surface area contributed by atoms with Gasteiger partial charge in [0, 0.05) is 18.9 Å². The quantitative estimate of drug-likeness (QED) is 0.791. The Morgan fingerprint density at radius 2 is 2.44 bits per heavy atom. The van der Waals surface area contributed by atoms with Crippen molar-refractivity contribution in [3.8, 4) is 0 Å². The summed E-state index contributed by atoms with van der Waals surface area (Å²) in [6.07, 6.45) is 3.74. The highest BCUT2D eigenvalue weighted by atomic mass is 35.5. The van der Waals surface area contributed by atoms with E-state index in [1.807, 2.05) is 6.08 Å². The van der Waals surface area contributed by atoms with Crippen molar-refractivity contribution in [1.82, 2.24) is 10.2 Å². The fourth-order valence-electron chi connectivity index (χ4n) is 2.09. The van der Waals surface area contributed by atoms with Crippen LogP contribution >= 0.6 is 23.2 Å². The van der Waals surface area contributed by atoms with Crippen LogP contribution in [0.4, 0.5) is 0 Å². The Hall–Kier alpha value is -1.13. The molecule has 0 aromatic rings. The Kier molecular flexibility index (Phi) is 3.88. The predicted molar refractivity (Wildman–Crippen MR) is 73.1 cm³/mol. The van der Waals surface area contributed by atoms with Gasteiger partial charge in [-0.15, -0.1) is 0 Å². The van der Waals surface area contributed by atoms with Crippen LogP contribution in [0.5, 0.6) is 0 Å². The van der Waals surface area contributed by atoms with E-state index in [0.29, 0.717) is 22.4 Å². The number of allylic oxidation sites excluding steroid dienone is 2. The number of halogens is 2. The van der Waals surface area contributed by atoms with Crippen molar-refractivity contribution < 1.29 is 11.0 Å². The van der Waals surface area contributed by atoms with Gasteiger partial charge in [0.2, 0.25) is 0 Å². The molecule has 18 heavy (non-hydrogen) atoms. The zero-order valence-electron chi connectivity index (χ0n) is 9.95. The molecule has 2 unspecified atom stereocenters. The zero-order chi connectivity index (χ0) is 13.3. The number of carbonyl (C=O) groups excluding carboxylic acids is 1. The SMILES string of the molecule is C=C1NC2C=CC(Cl)=C(Cl)C2CN1CC(=O)OC.[2HH]. The summed E-state index contributed by atoms with van der Waals surface area (Å²) < 4.78 is 4.65. The number of carbonyl (C=O) groups is 1. The summed E-state index contributed by atoms with van der Waals surface area (Å²) >= 11 is 12.2. The maximum Gasteiger partial charge on any atom is 0.325 e. The highest BCUT2D eigenvalue weighted by Gasteiger charge is 2.34. The Bertz CT molecular complexity index is 451. The summed E-state index contributed by atoms with van der Waals surface area (Å²) in [6, 6.07) is 0.0707. The minimum atomic E-state index is -0.311. The maximum atomic E-state index is 11.3. The van der Waals surface area contributed by atoms with E-state index in [-0.39, 0.29) is 25.9 Å². The van der Waals surface area contributed by atoms with Gasteiger partial charge in [0.15, 0.2) is 0 Å². The lowest BCUT2D eigenvalue weighted by molar-refractivity contribution is -0.141. The average Bonchev–Trinajstić information content (AvgIpc) is 2.36. The van der Waals surface area contributed by atoms with Crippen LogP contribution in [-0.4, -0.2) is 37.1 Å². The van der Waals surface area contributed by atoms with E-state index in [1.165, 1.54) is 7.11 Å². The van der Waals surface area contributed by atoms with Crippen molar-refractivity contribution >= 4 is 29.2 Å². The molecule has 4 nitrogen and oxygen atoms in total. The van der Waals surface area contributed by atoms with Gasteiger partial charge >= 0.3 is 5.97 Å². The van der Waals surface area contributed by atoms with Crippen molar-refractivity contribution in [2.75, 3.05) is 20.2 Å². The topological polar surface area (TPSA) is 41.6 Å². The molecule has 1 aliphatic heterocycles. The fraction of sp³-hybridized carbons (Fsp3) is 0.417. The monoisotopic (exact) mass is 291 g/mol. The van der Waals surface area contributed by atoms with Gasteiger partial charge in [0.1, 0.15) is 6.54 Å². The average molecular weight is 292 g/mol. The number of esters is 1. The van der Waals surface area contributed by atoms with Crippen molar-refractivity contribution in [3.63, 3.8) is 0 Å². The molecule has 6 heteroatoms. The van der Waals surface area contributed by atoms with E-state index in [9.17, 15) is 4.79 Å². The molecule has 0 aromatic carbocycles. The van der Waals surface area contributed by atoms with Gasteiger partial charge in [-0.25, -0.2) is 0 Å². The van der Waals surface area contributed by atoms with Gasteiger partial charge in [-0.3, -0.25) is 4.79 Å². The van der Waals surface area contributed by atoms with E-state index < -0.39 is 0 Å². The summed E-state index contributed by atoms with van der Waals surface area (Å²) in [4.78, 5) is 13.1.